The van der Waals surface area contributed by atoms with Crippen LogP contribution < -0.4 is 0 Å². The van der Waals surface area contributed by atoms with Gasteiger partial charge in [-0.1, -0.05) is 13.8 Å². The summed E-state index contributed by atoms with van der Waals surface area (Å²) >= 11 is 0. The molecule has 3 heteroatoms. The van der Waals surface area contributed by atoms with E-state index in [-0.39, 0.29) is 5.41 Å². The average molecular weight is 215 g/mol. The van der Waals surface area contributed by atoms with Crippen LogP contribution in [-0.4, -0.2) is 49.0 Å². The lowest BCUT2D eigenvalue weighted by Gasteiger charge is -2.33. The van der Waals surface area contributed by atoms with Gasteiger partial charge in [-0.05, 0) is 19.8 Å². The summed E-state index contributed by atoms with van der Waals surface area (Å²) in [6, 6.07) is 0. The number of aliphatic hydroxyl groups excluding tert-OH is 1. The summed E-state index contributed by atoms with van der Waals surface area (Å²) in [6.45, 7) is 10.5. The number of hydrogen-bond acceptors (Lipinski definition) is 3. The Labute approximate surface area is 93.4 Å². The van der Waals surface area contributed by atoms with Crippen molar-refractivity contribution in [3.63, 3.8) is 0 Å². The Morgan fingerprint density at radius 3 is 2.53 bits per heavy atom. The first-order valence-corrected chi connectivity index (χ1v) is 6.19. The van der Waals surface area contributed by atoms with Gasteiger partial charge in [0.1, 0.15) is 0 Å². The summed E-state index contributed by atoms with van der Waals surface area (Å²) < 4.78 is 5.47. The van der Waals surface area contributed by atoms with Gasteiger partial charge in [0, 0.05) is 31.7 Å². The number of hydrogen-bond donors (Lipinski definition) is 1. The van der Waals surface area contributed by atoms with Gasteiger partial charge < -0.3 is 9.84 Å². The maximum absolute atomic E-state index is 9.20. The normalized spacial score (nSPS) is 29.2. The summed E-state index contributed by atoms with van der Waals surface area (Å²) in [5.74, 6) is 0. The van der Waals surface area contributed by atoms with Crippen LogP contribution >= 0.6 is 0 Å². The maximum Gasteiger partial charge on any atom is 0.0674 e. The minimum Gasteiger partial charge on any atom is -0.396 e. The van der Waals surface area contributed by atoms with Crippen LogP contribution in [0.2, 0.25) is 0 Å². The van der Waals surface area contributed by atoms with E-state index in [1.807, 2.05) is 13.8 Å². The van der Waals surface area contributed by atoms with Crippen molar-refractivity contribution >= 4 is 0 Å². The van der Waals surface area contributed by atoms with Gasteiger partial charge in [0.25, 0.3) is 0 Å². The van der Waals surface area contributed by atoms with Crippen LogP contribution in [0.4, 0.5) is 0 Å². The zero-order chi connectivity index (χ0) is 11.3. The molecule has 1 unspecified atom stereocenters. The second-order valence-corrected chi connectivity index (χ2v) is 4.57. The Hall–Kier alpha value is -0.120. The van der Waals surface area contributed by atoms with Crippen molar-refractivity contribution in [1.29, 1.82) is 0 Å². The van der Waals surface area contributed by atoms with E-state index in [4.69, 9.17) is 4.74 Å². The van der Waals surface area contributed by atoms with Gasteiger partial charge >= 0.3 is 0 Å². The predicted octanol–water partition coefficient (Wildman–Crippen LogP) is 1.51. The molecular formula is C12H25NO2. The fourth-order valence-electron chi connectivity index (χ4n) is 2.05. The third-order valence-electron chi connectivity index (χ3n) is 3.18. The number of rotatable bonds is 3. The highest BCUT2D eigenvalue weighted by Crippen LogP contribution is 2.45. The van der Waals surface area contributed by atoms with E-state index in [0.717, 1.165) is 26.2 Å². The summed E-state index contributed by atoms with van der Waals surface area (Å²) in [7, 11) is 0. The Kier molecular flexibility index (Phi) is 5.03. The molecule has 1 aliphatic heterocycles. The highest BCUT2D eigenvalue weighted by Gasteiger charge is 2.43. The van der Waals surface area contributed by atoms with Gasteiger partial charge in [-0.15, -0.1) is 0 Å². The summed E-state index contributed by atoms with van der Waals surface area (Å²) in [5, 5.41) is 9.20. The van der Waals surface area contributed by atoms with Gasteiger partial charge in [-0.2, -0.15) is 0 Å². The lowest BCUT2D eigenvalue weighted by atomic mass is 10.1. The largest absolute Gasteiger partial charge is 0.396 e. The van der Waals surface area contributed by atoms with Crippen molar-refractivity contribution in [2.75, 3.05) is 32.8 Å². The first kappa shape index (κ1) is 12.9. The van der Waals surface area contributed by atoms with Gasteiger partial charge in [-0.25, -0.2) is 0 Å². The molecule has 2 fully saturated rings. The van der Waals surface area contributed by atoms with Crippen molar-refractivity contribution in [1.82, 2.24) is 4.90 Å². The van der Waals surface area contributed by atoms with Crippen LogP contribution in [0.1, 0.15) is 33.6 Å². The van der Waals surface area contributed by atoms with E-state index in [0.29, 0.717) is 12.7 Å². The predicted molar refractivity (Wildman–Crippen MR) is 62.0 cm³/mol. The topological polar surface area (TPSA) is 32.7 Å². The Morgan fingerprint density at radius 2 is 2.07 bits per heavy atom. The molecule has 1 saturated heterocycles. The molecule has 0 radical (unpaired) electrons. The smallest absolute Gasteiger partial charge is 0.0674 e. The van der Waals surface area contributed by atoms with Gasteiger partial charge in [-0.3, -0.25) is 4.90 Å². The van der Waals surface area contributed by atoms with E-state index >= 15 is 0 Å². The van der Waals surface area contributed by atoms with E-state index in [1.165, 1.54) is 12.8 Å². The quantitative estimate of drug-likeness (QED) is 0.774. The zero-order valence-electron chi connectivity index (χ0n) is 10.3. The van der Waals surface area contributed by atoms with Crippen LogP contribution in [0, 0.1) is 5.41 Å². The van der Waals surface area contributed by atoms with Crippen LogP contribution in [0.5, 0.6) is 0 Å². The standard InChI is InChI=1S/C10H19NO2.C2H6/c1-9-6-11(4-5-13-9)7-10(8-12)2-3-10;1-2/h9,12H,2-8H2,1H3;1-2H3. The molecule has 1 aliphatic carbocycles. The van der Waals surface area contributed by atoms with E-state index in [2.05, 4.69) is 11.8 Å². The van der Waals surface area contributed by atoms with E-state index < -0.39 is 0 Å². The first-order valence-electron chi connectivity index (χ1n) is 6.19. The minimum absolute atomic E-state index is 0.261. The Balaban J connectivity index is 0.000000531. The number of morpholine rings is 1. The van der Waals surface area contributed by atoms with Gasteiger partial charge in [0.05, 0.1) is 12.7 Å². The van der Waals surface area contributed by atoms with Crippen molar-refractivity contribution in [3.8, 4) is 0 Å². The number of ether oxygens (including phenoxy) is 1. The minimum atomic E-state index is 0.261. The molecular weight excluding hydrogens is 190 g/mol. The second-order valence-electron chi connectivity index (χ2n) is 4.57. The van der Waals surface area contributed by atoms with Crippen molar-refractivity contribution in [3.05, 3.63) is 0 Å². The summed E-state index contributed by atoms with van der Waals surface area (Å²) in [4.78, 5) is 2.43. The van der Waals surface area contributed by atoms with Crippen LogP contribution in [0.15, 0.2) is 0 Å². The lowest BCUT2D eigenvalue weighted by molar-refractivity contribution is -0.0278. The fourth-order valence-corrected chi connectivity index (χ4v) is 2.05. The molecule has 2 aliphatic rings. The maximum atomic E-state index is 9.20. The molecule has 1 saturated carbocycles. The first-order chi connectivity index (χ1) is 7.24. The molecule has 0 aromatic rings. The molecule has 15 heavy (non-hydrogen) atoms. The number of nitrogens with zero attached hydrogens (tertiary/aromatic N) is 1. The molecule has 0 spiro atoms. The molecule has 3 nitrogen and oxygen atoms in total. The van der Waals surface area contributed by atoms with Gasteiger partial charge in [0.2, 0.25) is 0 Å². The van der Waals surface area contributed by atoms with E-state index in [1.54, 1.807) is 0 Å². The summed E-state index contributed by atoms with van der Waals surface area (Å²) in [6.07, 6.45) is 2.77. The molecule has 1 atom stereocenters. The molecule has 0 amide bonds. The average Bonchev–Trinajstić information content (AvgIpc) is 3.02. The molecule has 0 bridgehead atoms. The molecule has 0 aromatic carbocycles. The fraction of sp³-hybridized carbons (Fsp3) is 1.00. The second kappa shape index (κ2) is 5.83. The van der Waals surface area contributed by atoms with Crippen LogP contribution in [0.25, 0.3) is 0 Å². The Morgan fingerprint density at radius 1 is 1.40 bits per heavy atom. The van der Waals surface area contributed by atoms with Crippen molar-refractivity contribution in [2.45, 2.75) is 39.7 Å². The molecule has 0 aromatic heterocycles. The third-order valence-corrected chi connectivity index (χ3v) is 3.18. The zero-order valence-corrected chi connectivity index (χ0v) is 10.3. The van der Waals surface area contributed by atoms with Crippen LogP contribution in [-0.2, 0) is 4.74 Å². The third kappa shape index (κ3) is 3.74. The number of aliphatic hydroxyl groups is 1. The SMILES string of the molecule is CC.CC1CN(CC2(CO)CC2)CCO1. The molecule has 90 valence electrons. The highest BCUT2D eigenvalue weighted by molar-refractivity contribution is 4.95. The van der Waals surface area contributed by atoms with Crippen molar-refractivity contribution in [2.24, 2.45) is 5.41 Å². The lowest BCUT2D eigenvalue weighted by Crippen LogP contribution is -2.44. The monoisotopic (exact) mass is 215 g/mol. The van der Waals surface area contributed by atoms with Crippen molar-refractivity contribution < 1.29 is 9.84 Å². The summed E-state index contributed by atoms with van der Waals surface area (Å²) in [5.41, 5.74) is 0.261. The molecule has 1 N–H and O–H groups in total. The van der Waals surface area contributed by atoms with E-state index in [9.17, 15) is 5.11 Å². The van der Waals surface area contributed by atoms with Gasteiger partial charge in [0.15, 0.2) is 0 Å². The molecule has 2 rings (SSSR count). The Bertz CT molecular complexity index is 180. The van der Waals surface area contributed by atoms with Crippen LogP contribution in [0.3, 0.4) is 0 Å². The highest BCUT2D eigenvalue weighted by atomic mass is 16.5. The molecule has 1 heterocycles.